The zero-order chi connectivity index (χ0) is 17.0. The van der Waals surface area contributed by atoms with E-state index >= 15 is 0 Å². The largest absolute Gasteiger partial charge is 0.416 e. The third kappa shape index (κ3) is 4.56. The van der Waals surface area contributed by atoms with Gasteiger partial charge in [0, 0.05) is 11.3 Å². The minimum atomic E-state index is -4.39. The summed E-state index contributed by atoms with van der Waals surface area (Å²) in [5, 5.41) is 12.3. The lowest BCUT2D eigenvalue weighted by Gasteiger charge is -2.13. The first-order valence-electron chi connectivity index (χ1n) is 7.00. The molecule has 1 unspecified atom stereocenters. The van der Waals surface area contributed by atoms with Crippen molar-refractivity contribution in [2.45, 2.75) is 25.6 Å². The Kier molecular flexibility index (Phi) is 5.05. The molecule has 6 heteroatoms. The van der Waals surface area contributed by atoms with E-state index in [9.17, 15) is 23.1 Å². The van der Waals surface area contributed by atoms with Gasteiger partial charge in [0.15, 0.2) is 0 Å². The van der Waals surface area contributed by atoms with Gasteiger partial charge in [0.2, 0.25) is 5.91 Å². The average molecular weight is 323 g/mol. The highest BCUT2D eigenvalue weighted by Gasteiger charge is 2.29. The van der Waals surface area contributed by atoms with Crippen molar-refractivity contribution < 1.29 is 23.1 Å². The van der Waals surface area contributed by atoms with Crippen LogP contribution < -0.4 is 5.32 Å². The molecule has 3 nitrogen and oxygen atoms in total. The van der Waals surface area contributed by atoms with Gasteiger partial charge in [0.25, 0.3) is 0 Å². The number of rotatable bonds is 4. The smallest absolute Gasteiger partial charge is 0.389 e. The summed E-state index contributed by atoms with van der Waals surface area (Å²) < 4.78 is 37.5. The molecular formula is C17H16F3NO2. The van der Waals surface area contributed by atoms with E-state index in [2.05, 4.69) is 5.32 Å². The summed E-state index contributed by atoms with van der Waals surface area (Å²) >= 11 is 0. The van der Waals surface area contributed by atoms with Crippen molar-refractivity contribution >= 4 is 11.6 Å². The second kappa shape index (κ2) is 6.83. The molecule has 2 N–H and O–H groups in total. The van der Waals surface area contributed by atoms with Crippen molar-refractivity contribution in [3.05, 3.63) is 65.2 Å². The first-order valence-corrected chi connectivity index (χ1v) is 7.00. The number of aliphatic hydroxyl groups is 1. The molecule has 0 saturated heterocycles. The SMILES string of the molecule is CC(O)c1ccccc1NC(=O)Cc1ccc(C(F)(F)F)cc1. The Bertz CT molecular complexity index is 679. The predicted octanol–water partition coefficient (Wildman–Crippen LogP) is 3.94. The van der Waals surface area contributed by atoms with Crippen LogP contribution in [0, 0.1) is 0 Å². The zero-order valence-corrected chi connectivity index (χ0v) is 12.4. The van der Waals surface area contributed by atoms with Gasteiger partial charge in [-0.05, 0) is 30.7 Å². The van der Waals surface area contributed by atoms with E-state index in [1.165, 1.54) is 12.1 Å². The molecule has 122 valence electrons. The number of aliphatic hydroxyl groups excluding tert-OH is 1. The number of hydrogen-bond donors (Lipinski definition) is 2. The molecule has 0 fully saturated rings. The van der Waals surface area contributed by atoms with Gasteiger partial charge in [-0.1, -0.05) is 30.3 Å². The quantitative estimate of drug-likeness (QED) is 0.895. The van der Waals surface area contributed by atoms with E-state index in [1.54, 1.807) is 31.2 Å². The van der Waals surface area contributed by atoms with Crippen molar-refractivity contribution in [2.24, 2.45) is 0 Å². The highest BCUT2D eigenvalue weighted by Crippen LogP contribution is 2.29. The lowest BCUT2D eigenvalue weighted by molar-refractivity contribution is -0.137. The van der Waals surface area contributed by atoms with Crippen LogP contribution >= 0.6 is 0 Å². The number of nitrogens with one attached hydrogen (secondary N) is 1. The van der Waals surface area contributed by atoms with Crippen molar-refractivity contribution in [3.63, 3.8) is 0 Å². The number of halogens is 3. The Morgan fingerprint density at radius 3 is 2.30 bits per heavy atom. The zero-order valence-electron chi connectivity index (χ0n) is 12.4. The fraction of sp³-hybridized carbons (Fsp3) is 0.235. The van der Waals surface area contributed by atoms with Crippen LogP contribution in [-0.2, 0) is 17.4 Å². The van der Waals surface area contributed by atoms with E-state index in [0.717, 1.165) is 12.1 Å². The number of carbonyl (C=O) groups is 1. The molecule has 0 bridgehead atoms. The molecule has 0 aromatic heterocycles. The Morgan fingerprint density at radius 1 is 1.13 bits per heavy atom. The minimum absolute atomic E-state index is 0.0493. The number of anilines is 1. The Labute approximate surface area is 131 Å². The molecule has 0 radical (unpaired) electrons. The fourth-order valence-electron chi connectivity index (χ4n) is 2.17. The summed E-state index contributed by atoms with van der Waals surface area (Å²) in [6.07, 6.45) is -5.18. The van der Waals surface area contributed by atoms with Crippen molar-refractivity contribution in [2.75, 3.05) is 5.32 Å². The van der Waals surface area contributed by atoms with Crippen LogP contribution in [0.4, 0.5) is 18.9 Å². The Hall–Kier alpha value is -2.34. The maximum absolute atomic E-state index is 12.5. The van der Waals surface area contributed by atoms with Crippen LogP contribution in [0.3, 0.4) is 0 Å². The molecule has 1 atom stereocenters. The van der Waals surface area contributed by atoms with Crippen molar-refractivity contribution in [1.29, 1.82) is 0 Å². The number of amides is 1. The van der Waals surface area contributed by atoms with Gasteiger partial charge in [-0.3, -0.25) is 4.79 Å². The molecule has 0 heterocycles. The standard InChI is InChI=1S/C17H16F3NO2/c1-11(22)14-4-2-3-5-15(14)21-16(23)10-12-6-8-13(9-7-12)17(18,19)20/h2-9,11,22H,10H2,1H3,(H,21,23). The summed E-state index contributed by atoms with van der Waals surface area (Å²) in [5.74, 6) is -0.363. The molecule has 0 aliphatic rings. The molecule has 0 aliphatic carbocycles. The maximum Gasteiger partial charge on any atom is 0.416 e. The summed E-state index contributed by atoms with van der Waals surface area (Å²) in [6.45, 7) is 1.58. The lowest BCUT2D eigenvalue weighted by atomic mass is 10.1. The van der Waals surface area contributed by atoms with Crippen LogP contribution in [0.2, 0.25) is 0 Å². The Balaban J connectivity index is 2.06. The molecule has 0 saturated carbocycles. The van der Waals surface area contributed by atoms with E-state index in [-0.39, 0.29) is 12.3 Å². The summed E-state index contributed by atoms with van der Waals surface area (Å²) in [6, 6.07) is 11.3. The Morgan fingerprint density at radius 2 is 1.74 bits per heavy atom. The topological polar surface area (TPSA) is 49.3 Å². The van der Waals surface area contributed by atoms with Crippen LogP contribution in [-0.4, -0.2) is 11.0 Å². The third-order valence-corrected chi connectivity index (χ3v) is 3.33. The third-order valence-electron chi connectivity index (χ3n) is 3.33. The fourth-order valence-corrected chi connectivity index (χ4v) is 2.17. The monoisotopic (exact) mass is 323 g/mol. The van der Waals surface area contributed by atoms with E-state index < -0.39 is 17.8 Å². The minimum Gasteiger partial charge on any atom is -0.389 e. The number of alkyl halides is 3. The molecule has 2 aromatic rings. The van der Waals surface area contributed by atoms with Crippen molar-refractivity contribution in [1.82, 2.24) is 0 Å². The number of para-hydroxylation sites is 1. The summed E-state index contributed by atoms with van der Waals surface area (Å²) in [5.41, 5.74) is 0.791. The second-order valence-corrected chi connectivity index (χ2v) is 5.18. The average Bonchev–Trinajstić information content (AvgIpc) is 2.47. The number of carbonyl (C=O) groups excluding carboxylic acids is 1. The molecule has 2 aromatic carbocycles. The van der Waals surface area contributed by atoms with Crippen LogP contribution in [0.5, 0.6) is 0 Å². The second-order valence-electron chi connectivity index (χ2n) is 5.18. The van der Waals surface area contributed by atoms with Gasteiger partial charge in [-0.15, -0.1) is 0 Å². The first-order chi connectivity index (χ1) is 10.8. The van der Waals surface area contributed by atoms with Crippen LogP contribution in [0.1, 0.15) is 29.7 Å². The molecule has 23 heavy (non-hydrogen) atoms. The first kappa shape index (κ1) is 17.0. The van der Waals surface area contributed by atoms with Crippen LogP contribution in [0.15, 0.2) is 48.5 Å². The molecule has 2 rings (SSSR count). The van der Waals surface area contributed by atoms with Gasteiger partial charge in [0.05, 0.1) is 18.1 Å². The number of benzene rings is 2. The van der Waals surface area contributed by atoms with E-state index in [1.807, 2.05) is 0 Å². The molecule has 1 amide bonds. The van der Waals surface area contributed by atoms with Gasteiger partial charge >= 0.3 is 6.18 Å². The number of hydrogen-bond acceptors (Lipinski definition) is 2. The van der Waals surface area contributed by atoms with Crippen LogP contribution in [0.25, 0.3) is 0 Å². The molecule has 0 spiro atoms. The van der Waals surface area contributed by atoms with Gasteiger partial charge < -0.3 is 10.4 Å². The molecular weight excluding hydrogens is 307 g/mol. The van der Waals surface area contributed by atoms with Crippen molar-refractivity contribution in [3.8, 4) is 0 Å². The van der Waals surface area contributed by atoms with Gasteiger partial charge in [-0.2, -0.15) is 13.2 Å². The predicted molar refractivity (Wildman–Crippen MR) is 80.9 cm³/mol. The van der Waals surface area contributed by atoms with E-state index in [0.29, 0.717) is 16.8 Å². The summed E-state index contributed by atoms with van der Waals surface area (Å²) in [4.78, 5) is 12.0. The maximum atomic E-state index is 12.5. The lowest BCUT2D eigenvalue weighted by Crippen LogP contribution is -2.16. The summed E-state index contributed by atoms with van der Waals surface area (Å²) in [7, 11) is 0. The van der Waals surface area contributed by atoms with Gasteiger partial charge in [-0.25, -0.2) is 0 Å². The van der Waals surface area contributed by atoms with E-state index in [4.69, 9.17) is 0 Å². The highest BCUT2D eigenvalue weighted by molar-refractivity contribution is 5.93. The normalized spacial score (nSPS) is 12.7. The highest BCUT2D eigenvalue weighted by atomic mass is 19.4. The molecule has 0 aliphatic heterocycles. The van der Waals surface area contributed by atoms with Gasteiger partial charge in [0.1, 0.15) is 0 Å².